The van der Waals surface area contributed by atoms with E-state index in [1.54, 1.807) is 13.8 Å². The van der Waals surface area contributed by atoms with E-state index in [2.05, 4.69) is 15.2 Å². The lowest BCUT2D eigenvalue weighted by molar-refractivity contribution is -0.137. The molecule has 0 bridgehead atoms. The maximum Gasteiger partial charge on any atom is 0.417 e. The van der Waals surface area contributed by atoms with Gasteiger partial charge in [0.1, 0.15) is 11.6 Å². The lowest BCUT2D eigenvalue weighted by Crippen LogP contribution is -2.20. The molecular weight excluding hydrogens is 287 g/mol. The van der Waals surface area contributed by atoms with E-state index in [0.29, 0.717) is 11.6 Å². The molecule has 0 atom stereocenters. The summed E-state index contributed by atoms with van der Waals surface area (Å²) in [6.45, 7) is 3.27. The fraction of sp³-hybridized carbons (Fsp3) is 0.250. The van der Waals surface area contributed by atoms with Gasteiger partial charge in [-0.1, -0.05) is 5.16 Å². The van der Waals surface area contributed by atoms with Crippen molar-refractivity contribution in [2.24, 2.45) is 10.9 Å². The second-order valence-electron chi connectivity index (χ2n) is 4.33. The van der Waals surface area contributed by atoms with E-state index < -0.39 is 23.1 Å². The minimum Gasteiger partial charge on any atom is -0.409 e. The SMILES string of the molecule is Cc1nc(C)n(-c2ccc(C(N)=NO)c(C(F)(F)F)c2)n1. The van der Waals surface area contributed by atoms with Crippen LogP contribution >= 0.6 is 0 Å². The van der Waals surface area contributed by atoms with Gasteiger partial charge in [-0.3, -0.25) is 0 Å². The molecule has 2 rings (SSSR count). The molecule has 0 aliphatic carbocycles. The molecule has 112 valence electrons. The highest BCUT2D eigenvalue weighted by molar-refractivity contribution is 5.98. The monoisotopic (exact) mass is 299 g/mol. The van der Waals surface area contributed by atoms with Gasteiger partial charge < -0.3 is 10.9 Å². The molecule has 3 N–H and O–H groups in total. The van der Waals surface area contributed by atoms with E-state index in [4.69, 9.17) is 10.9 Å². The zero-order chi connectivity index (χ0) is 15.8. The van der Waals surface area contributed by atoms with Crippen molar-refractivity contribution in [3.8, 4) is 5.69 Å². The van der Waals surface area contributed by atoms with Crippen molar-refractivity contribution >= 4 is 5.84 Å². The molecule has 1 heterocycles. The predicted molar refractivity (Wildman–Crippen MR) is 68.3 cm³/mol. The van der Waals surface area contributed by atoms with Gasteiger partial charge in [-0.2, -0.15) is 18.3 Å². The molecule has 1 aromatic carbocycles. The third-order valence-electron chi connectivity index (χ3n) is 2.81. The topological polar surface area (TPSA) is 89.3 Å². The first-order chi connectivity index (χ1) is 9.74. The standard InChI is InChI=1S/C12H12F3N5O/c1-6-17-7(2)20(18-6)8-3-4-9(11(16)19-21)10(5-8)12(13,14)15/h3-5,21H,1-2H3,(H2,16,19). The van der Waals surface area contributed by atoms with Gasteiger partial charge >= 0.3 is 6.18 Å². The van der Waals surface area contributed by atoms with E-state index in [0.717, 1.165) is 12.1 Å². The third kappa shape index (κ3) is 2.81. The summed E-state index contributed by atoms with van der Waals surface area (Å²) in [5, 5.41) is 15.2. The Morgan fingerprint density at radius 1 is 1.33 bits per heavy atom. The zero-order valence-electron chi connectivity index (χ0n) is 11.2. The Balaban J connectivity index is 2.65. The molecule has 0 aliphatic heterocycles. The van der Waals surface area contributed by atoms with Gasteiger partial charge in [-0.25, -0.2) is 9.67 Å². The molecule has 0 amide bonds. The van der Waals surface area contributed by atoms with Gasteiger partial charge in [0.05, 0.1) is 11.3 Å². The number of aromatic nitrogens is 3. The van der Waals surface area contributed by atoms with Crippen LogP contribution < -0.4 is 5.73 Å². The van der Waals surface area contributed by atoms with E-state index in [1.807, 2.05) is 0 Å². The Bertz CT molecular complexity index is 705. The molecule has 6 nitrogen and oxygen atoms in total. The molecule has 0 saturated carbocycles. The fourth-order valence-corrected chi connectivity index (χ4v) is 1.94. The Hall–Kier alpha value is -2.58. The van der Waals surface area contributed by atoms with Crippen LogP contribution in [0.2, 0.25) is 0 Å². The predicted octanol–water partition coefficient (Wildman–Crippen LogP) is 2.00. The smallest absolute Gasteiger partial charge is 0.409 e. The summed E-state index contributed by atoms with van der Waals surface area (Å²) in [6.07, 6.45) is -4.65. The van der Waals surface area contributed by atoms with Crippen molar-refractivity contribution in [3.05, 3.63) is 41.0 Å². The van der Waals surface area contributed by atoms with Gasteiger partial charge in [0.25, 0.3) is 0 Å². The number of hydrogen-bond acceptors (Lipinski definition) is 4. The highest BCUT2D eigenvalue weighted by Gasteiger charge is 2.35. The van der Waals surface area contributed by atoms with Crippen LogP contribution in [0.15, 0.2) is 23.4 Å². The molecule has 2 aromatic rings. The number of aryl methyl sites for hydroxylation is 2. The third-order valence-corrected chi connectivity index (χ3v) is 2.81. The first-order valence-electron chi connectivity index (χ1n) is 5.84. The van der Waals surface area contributed by atoms with Crippen LogP contribution in [0.1, 0.15) is 22.8 Å². The second-order valence-corrected chi connectivity index (χ2v) is 4.33. The average molecular weight is 299 g/mol. The summed E-state index contributed by atoms with van der Waals surface area (Å²) in [5.41, 5.74) is 4.06. The largest absolute Gasteiger partial charge is 0.417 e. The first-order valence-corrected chi connectivity index (χ1v) is 5.84. The van der Waals surface area contributed by atoms with Crippen molar-refractivity contribution in [1.82, 2.24) is 14.8 Å². The lowest BCUT2D eigenvalue weighted by Gasteiger charge is -2.14. The Labute approximate surface area is 117 Å². The number of halogens is 3. The second kappa shape index (κ2) is 5.08. The van der Waals surface area contributed by atoms with Crippen LogP contribution in [-0.4, -0.2) is 25.8 Å². The molecule has 21 heavy (non-hydrogen) atoms. The quantitative estimate of drug-likeness (QED) is 0.384. The number of nitrogens with zero attached hydrogens (tertiary/aromatic N) is 4. The number of alkyl halides is 3. The van der Waals surface area contributed by atoms with Crippen LogP contribution in [0.4, 0.5) is 13.2 Å². The number of nitrogens with two attached hydrogens (primary N) is 1. The molecule has 0 saturated heterocycles. The Morgan fingerprint density at radius 3 is 2.48 bits per heavy atom. The number of amidine groups is 1. The summed E-state index contributed by atoms with van der Waals surface area (Å²) in [4.78, 5) is 4.04. The van der Waals surface area contributed by atoms with Crippen LogP contribution in [0.3, 0.4) is 0 Å². The fourth-order valence-electron chi connectivity index (χ4n) is 1.94. The Kier molecular flexibility index (Phi) is 3.58. The van der Waals surface area contributed by atoms with Crippen LogP contribution in [0.25, 0.3) is 5.69 Å². The van der Waals surface area contributed by atoms with E-state index >= 15 is 0 Å². The van der Waals surface area contributed by atoms with Crippen LogP contribution in [0.5, 0.6) is 0 Å². The molecule has 1 aromatic heterocycles. The van der Waals surface area contributed by atoms with Gasteiger partial charge in [0.15, 0.2) is 5.84 Å². The maximum atomic E-state index is 13.1. The van der Waals surface area contributed by atoms with Crippen molar-refractivity contribution in [1.29, 1.82) is 0 Å². The highest BCUT2D eigenvalue weighted by Crippen LogP contribution is 2.33. The summed E-state index contributed by atoms with van der Waals surface area (Å²) in [5.74, 6) is 0.291. The maximum absolute atomic E-state index is 13.1. The number of benzene rings is 1. The van der Waals surface area contributed by atoms with Gasteiger partial charge in [0.2, 0.25) is 0 Å². The van der Waals surface area contributed by atoms with Crippen molar-refractivity contribution in [2.75, 3.05) is 0 Å². The van der Waals surface area contributed by atoms with E-state index in [1.165, 1.54) is 10.7 Å². The van der Waals surface area contributed by atoms with Crippen molar-refractivity contribution in [2.45, 2.75) is 20.0 Å². The minimum atomic E-state index is -4.65. The van der Waals surface area contributed by atoms with Gasteiger partial charge in [-0.05, 0) is 32.0 Å². The number of rotatable bonds is 2. The zero-order valence-corrected chi connectivity index (χ0v) is 11.2. The lowest BCUT2D eigenvalue weighted by atomic mass is 10.1. The molecule has 9 heteroatoms. The molecule has 0 aliphatic rings. The van der Waals surface area contributed by atoms with Crippen molar-refractivity contribution < 1.29 is 18.4 Å². The summed E-state index contributed by atoms with van der Waals surface area (Å²) in [6, 6.07) is 3.40. The molecule has 0 fully saturated rings. The first kappa shape index (κ1) is 14.8. The number of hydrogen-bond donors (Lipinski definition) is 2. The highest BCUT2D eigenvalue weighted by atomic mass is 19.4. The summed E-state index contributed by atoms with van der Waals surface area (Å²) < 4.78 is 40.6. The van der Waals surface area contributed by atoms with Gasteiger partial charge in [-0.15, -0.1) is 0 Å². The Morgan fingerprint density at radius 2 is 2.00 bits per heavy atom. The molecule has 0 spiro atoms. The summed E-state index contributed by atoms with van der Waals surface area (Å²) >= 11 is 0. The average Bonchev–Trinajstić information content (AvgIpc) is 2.75. The van der Waals surface area contributed by atoms with Crippen molar-refractivity contribution in [3.63, 3.8) is 0 Å². The van der Waals surface area contributed by atoms with Gasteiger partial charge in [0, 0.05) is 5.56 Å². The number of oxime groups is 1. The molecule has 0 unspecified atom stereocenters. The van der Waals surface area contributed by atoms with E-state index in [9.17, 15) is 13.2 Å². The molecule has 0 radical (unpaired) electrons. The minimum absolute atomic E-state index is 0.190. The van der Waals surface area contributed by atoms with E-state index in [-0.39, 0.29) is 5.69 Å². The van der Waals surface area contributed by atoms with Crippen LogP contribution in [0, 0.1) is 13.8 Å². The summed E-state index contributed by atoms with van der Waals surface area (Å²) in [7, 11) is 0. The molecular formula is C12H12F3N5O. The normalized spacial score (nSPS) is 12.7. The van der Waals surface area contributed by atoms with Crippen LogP contribution in [-0.2, 0) is 6.18 Å².